The molecule has 1 aliphatic rings. The second-order valence-corrected chi connectivity index (χ2v) is 7.27. The number of carbonyl (C=O) groups excluding carboxylic acids is 1. The molecule has 2 heterocycles. The number of aromatic nitrogens is 4. The number of nitrogens with zero attached hydrogens (tertiary/aromatic N) is 5. The van der Waals surface area contributed by atoms with Crippen LogP contribution in [0.5, 0.6) is 5.75 Å². The number of hydrogen-bond acceptors (Lipinski definition) is 7. The Hall–Kier alpha value is -3.30. The van der Waals surface area contributed by atoms with Crippen molar-refractivity contribution in [3.05, 3.63) is 71.5 Å². The Labute approximate surface area is 181 Å². The number of nitrogens with one attached hydrogen (secondary N) is 1. The first kappa shape index (κ1) is 21.0. The van der Waals surface area contributed by atoms with Crippen molar-refractivity contribution in [3.8, 4) is 5.75 Å². The number of benzene rings is 2. The maximum Gasteiger partial charge on any atom is 0.243 e. The third-order valence-corrected chi connectivity index (χ3v) is 4.98. The monoisotopic (exact) mass is 422 g/mol. The summed E-state index contributed by atoms with van der Waals surface area (Å²) in [5, 5.41) is 15.0. The van der Waals surface area contributed by atoms with E-state index in [4.69, 9.17) is 9.47 Å². The minimum absolute atomic E-state index is 0.00394. The molecule has 162 valence electrons. The number of hydrogen-bond donors (Lipinski definition) is 1. The van der Waals surface area contributed by atoms with Crippen LogP contribution in [0.3, 0.4) is 0 Å². The van der Waals surface area contributed by atoms with Gasteiger partial charge < -0.3 is 14.8 Å². The zero-order valence-electron chi connectivity index (χ0n) is 17.3. The largest absolute Gasteiger partial charge is 0.485 e. The molecule has 0 atom stereocenters. The highest BCUT2D eigenvalue weighted by Crippen LogP contribution is 2.13. The van der Waals surface area contributed by atoms with Crippen LogP contribution in [0.2, 0.25) is 0 Å². The van der Waals surface area contributed by atoms with E-state index in [1.807, 2.05) is 48.5 Å². The fourth-order valence-electron chi connectivity index (χ4n) is 3.33. The fraction of sp³-hybridized carbons (Fsp3) is 0.364. The highest BCUT2D eigenvalue weighted by atomic mass is 16.5. The summed E-state index contributed by atoms with van der Waals surface area (Å²) in [5.41, 5.74) is 2.31. The van der Waals surface area contributed by atoms with Crippen molar-refractivity contribution in [2.45, 2.75) is 26.2 Å². The molecule has 1 N–H and O–H groups in total. The van der Waals surface area contributed by atoms with Gasteiger partial charge in [-0.05, 0) is 28.5 Å². The van der Waals surface area contributed by atoms with Crippen molar-refractivity contribution in [3.63, 3.8) is 0 Å². The number of morpholine rings is 1. The molecule has 9 heteroatoms. The van der Waals surface area contributed by atoms with Crippen LogP contribution in [0.15, 0.2) is 54.6 Å². The first-order chi connectivity index (χ1) is 15.3. The number of carbonyl (C=O) groups is 1. The molecule has 0 unspecified atom stereocenters. The molecular weight excluding hydrogens is 396 g/mol. The van der Waals surface area contributed by atoms with E-state index in [1.165, 1.54) is 10.4 Å². The second-order valence-electron chi connectivity index (χ2n) is 7.27. The van der Waals surface area contributed by atoms with Gasteiger partial charge in [-0.1, -0.05) is 42.5 Å². The smallest absolute Gasteiger partial charge is 0.243 e. The van der Waals surface area contributed by atoms with Crippen LogP contribution in [-0.4, -0.2) is 57.3 Å². The Balaban J connectivity index is 1.25. The van der Waals surface area contributed by atoms with Crippen molar-refractivity contribution in [1.29, 1.82) is 0 Å². The van der Waals surface area contributed by atoms with Gasteiger partial charge in [-0.25, -0.2) is 0 Å². The van der Waals surface area contributed by atoms with E-state index in [2.05, 4.69) is 31.7 Å². The first-order valence-corrected chi connectivity index (χ1v) is 10.3. The molecule has 1 saturated heterocycles. The van der Waals surface area contributed by atoms with Crippen molar-refractivity contribution in [2.75, 3.05) is 26.3 Å². The quantitative estimate of drug-likeness (QED) is 0.557. The van der Waals surface area contributed by atoms with Crippen molar-refractivity contribution in [1.82, 2.24) is 30.4 Å². The van der Waals surface area contributed by atoms with Gasteiger partial charge in [0, 0.05) is 26.2 Å². The lowest BCUT2D eigenvalue weighted by atomic mass is 10.1. The average Bonchev–Trinajstić information content (AvgIpc) is 3.26. The summed E-state index contributed by atoms with van der Waals surface area (Å²) >= 11 is 0. The van der Waals surface area contributed by atoms with Crippen LogP contribution in [0.25, 0.3) is 0 Å². The molecule has 31 heavy (non-hydrogen) atoms. The molecule has 0 saturated carbocycles. The van der Waals surface area contributed by atoms with E-state index in [-0.39, 0.29) is 19.1 Å². The molecule has 1 amide bonds. The lowest BCUT2D eigenvalue weighted by Gasteiger charge is -2.27. The van der Waals surface area contributed by atoms with Crippen LogP contribution in [-0.2, 0) is 35.8 Å². The topological polar surface area (TPSA) is 94.4 Å². The van der Waals surface area contributed by atoms with Gasteiger partial charge in [-0.15, -0.1) is 10.2 Å². The van der Waals surface area contributed by atoms with Gasteiger partial charge in [0.25, 0.3) is 0 Å². The van der Waals surface area contributed by atoms with Gasteiger partial charge in [0.2, 0.25) is 11.7 Å². The third kappa shape index (κ3) is 6.34. The molecule has 0 aliphatic carbocycles. The summed E-state index contributed by atoms with van der Waals surface area (Å²) < 4.78 is 11.0. The average molecular weight is 422 g/mol. The standard InChI is InChI=1S/C22H26N6O3/c29-22(16-28-25-21(24-26-28)17-31-20-8-2-1-3-9-20)23-14-18-6-4-5-7-19(18)15-27-10-12-30-13-11-27/h1-9H,10-17H2,(H,23,29). The van der Waals surface area contributed by atoms with Gasteiger partial charge >= 0.3 is 0 Å². The number of rotatable bonds is 9. The molecule has 2 aromatic carbocycles. The predicted molar refractivity (Wildman–Crippen MR) is 113 cm³/mol. The summed E-state index contributed by atoms with van der Waals surface area (Å²) in [6, 6.07) is 17.6. The van der Waals surface area contributed by atoms with Gasteiger partial charge in [-0.2, -0.15) is 4.80 Å². The van der Waals surface area contributed by atoms with Crippen LogP contribution in [0.4, 0.5) is 0 Å². The molecule has 9 nitrogen and oxygen atoms in total. The van der Waals surface area contributed by atoms with E-state index >= 15 is 0 Å². The molecule has 1 fully saturated rings. The van der Waals surface area contributed by atoms with E-state index < -0.39 is 0 Å². The van der Waals surface area contributed by atoms with Crippen molar-refractivity contribution >= 4 is 5.91 Å². The van der Waals surface area contributed by atoms with E-state index in [0.29, 0.717) is 12.4 Å². The maximum atomic E-state index is 12.4. The van der Waals surface area contributed by atoms with Crippen LogP contribution in [0.1, 0.15) is 17.0 Å². The summed E-state index contributed by atoms with van der Waals surface area (Å²) in [6.45, 7) is 4.89. The zero-order chi connectivity index (χ0) is 21.3. The SMILES string of the molecule is O=C(Cn1nnc(COc2ccccc2)n1)NCc1ccccc1CN1CCOCC1. The maximum absolute atomic E-state index is 12.4. The predicted octanol–water partition coefficient (Wildman–Crippen LogP) is 1.40. The fourth-order valence-corrected chi connectivity index (χ4v) is 3.33. The molecule has 4 rings (SSSR count). The molecule has 1 aliphatic heterocycles. The third-order valence-electron chi connectivity index (χ3n) is 4.98. The molecular formula is C22H26N6O3. The Kier molecular flexibility index (Phi) is 7.20. The van der Waals surface area contributed by atoms with Crippen LogP contribution >= 0.6 is 0 Å². The van der Waals surface area contributed by atoms with Gasteiger partial charge in [0.15, 0.2) is 6.61 Å². The Morgan fingerprint density at radius 1 is 1.03 bits per heavy atom. The number of ether oxygens (including phenoxy) is 2. The summed E-state index contributed by atoms with van der Waals surface area (Å²) in [4.78, 5) is 16.0. The second kappa shape index (κ2) is 10.6. The highest BCUT2D eigenvalue weighted by Gasteiger charge is 2.13. The molecule has 0 radical (unpaired) electrons. The van der Waals surface area contributed by atoms with E-state index in [9.17, 15) is 4.79 Å². The minimum atomic E-state index is -0.172. The zero-order valence-corrected chi connectivity index (χ0v) is 17.3. The summed E-state index contributed by atoms with van der Waals surface area (Å²) in [5.74, 6) is 0.981. The van der Waals surface area contributed by atoms with Crippen LogP contribution < -0.4 is 10.1 Å². The number of tetrazole rings is 1. The summed E-state index contributed by atoms with van der Waals surface area (Å²) in [6.07, 6.45) is 0. The normalized spacial score (nSPS) is 14.3. The Morgan fingerprint density at radius 3 is 2.58 bits per heavy atom. The molecule has 0 bridgehead atoms. The first-order valence-electron chi connectivity index (χ1n) is 10.3. The molecule has 3 aromatic rings. The number of para-hydroxylation sites is 1. The molecule has 1 aromatic heterocycles. The molecule has 0 spiro atoms. The van der Waals surface area contributed by atoms with Gasteiger partial charge in [-0.3, -0.25) is 9.69 Å². The van der Waals surface area contributed by atoms with E-state index in [1.54, 1.807) is 0 Å². The van der Waals surface area contributed by atoms with Crippen molar-refractivity contribution < 1.29 is 14.3 Å². The van der Waals surface area contributed by atoms with Crippen LogP contribution in [0, 0.1) is 0 Å². The Morgan fingerprint density at radius 2 is 1.77 bits per heavy atom. The summed E-state index contributed by atoms with van der Waals surface area (Å²) in [7, 11) is 0. The van der Waals surface area contributed by atoms with Gasteiger partial charge in [0.05, 0.1) is 13.2 Å². The lowest BCUT2D eigenvalue weighted by molar-refractivity contribution is -0.122. The lowest BCUT2D eigenvalue weighted by Crippen LogP contribution is -2.36. The Bertz CT molecular complexity index is 972. The van der Waals surface area contributed by atoms with Gasteiger partial charge in [0.1, 0.15) is 12.3 Å². The van der Waals surface area contributed by atoms with E-state index in [0.717, 1.165) is 44.2 Å². The minimum Gasteiger partial charge on any atom is -0.485 e. The van der Waals surface area contributed by atoms with Crippen molar-refractivity contribution in [2.24, 2.45) is 0 Å². The highest BCUT2D eigenvalue weighted by molar-refractivity contribution is 5.75. The number of amides is 1.